The molecule has 0 saturated heterocycles. The molecule has 0 amide bonds. The second-order valence-corrected chi connectivity index (χ2v) is 4.97. The maximum atomic E-state index is 10.2. The van der Waals surface area contributed by atoms with Gasteiger partial charge in [-0.25, -0.2) is 0 Å². The standard InChI is InChI=1S/C16H18ClNO2/c1-20-11-13-4-2-3-5-15(13)18-10-16(19)12-6-8-14(17)9-7-12/h2-9,16,18-19H,10-11H2,1H3. The van der Waals surface area contributed by atoms with Crippen molar-refractivity contribution in [1.29, 1.82) is 0 Å². The summed E-state index contributed by atoms with van der Waals surface area (Å²) in [5.74, 6) is 0. The molecule has 0 bridgehead atoms. The van der Waals surface area contributed by atoms with Crippen LogP contribution in [0.25, 0.3) is 0 Å². The van der Waals surface area contributed by atoms with Gasteiger partial charge in [0.05, 0.1) is 12.7 Å². The van der Waals surface area contributed by atoms with Gasteiger partial charge in [0.25, 0.3) is 0 Å². The van der Waals surface area contributed by atoms with Gasteiger partial charge in [-0.05, 0) is 23.8 Å². The number of methoxy groups -OCH3 is 1. The summed E-state index contributed by atoms with van der Waals surface area (Å²) in [5.41, 5.74) is 2.88. The number of anilines is 1. The number of aliphatic hydroxyl groups is 1. The summed E-state index contributed by atoms with van der Waals surface area (Å²) in [6.45, 7) is 0.975. The van der Waals surface area contributed by atoms with Crippen molar-refractivity contribution in [2.24, 2.45) is 0 Å². The number of ether oxygens (including phenoxy) is 1. The molecule has 0 spiro atoms. The van der Waals surface area contributed by atoms with Crippen LogP contribution in [0.2, 0.25) is 5.02 Å². The molecule has 2 rings (SSSR count). The Morgan fingerprint density at radius 2 is 1.85 bits per heavy atom. The first-order valence-corrected chi connectivity index (χ1v) is 6.82. The van der Waals surface area contributed by atoms with Crippen molar-refractivity contribution in [1.82, 2.24) is 0 Å². The number of hydrogen-bond acceptors (Lipinski definition) is 3. The number of halogens is 1. The molecule has 0 aliphatic rings. The molecule has 2 aromatic carbocycles. The van der Waals surface area contributed by atoms with E-state index in [4.69, 9.17) is 16.3 Å². The summed E-state index contributed by atoms with van der Waals surface area (Å²) in [4.78, 5) is 0. The normalized spacial score (nSPS) is 12.2. The average Bonchev–Trinajstić information content (AvgIpc) is 2.47. The summed E-state index contributed by atoms with van der Waals surface area (Å²) in [6.07, 6.45) is -0.581. The first-order valence-electron chi connectivity index (χ1n) is 6.45. The van der Waals surface area contributed by atoms with E-state index < -0.39 is 6.10 Å². The largest absolute Gasteiger partial charge is 0.387 e. The quantitative estimate of drug-likeness (QED) is 0.854. The van der Waals surface area contributed by atoms with Crippen LogP contribution in [0.1, 0.15) is 17.2 Å². The Morgan fingerprint density at radius 1 is 1.15 bits per heavy atom. The second kappa shape index (κ2) is 7.29. The van der Waals surface area contributed by atoms with Gasteiger partial charge in [0, 0.05) is 29.9 Å². The number of para-hydroxylation sites is 1. The van der Waals surface area contributed by atoms with Gasteiger partial charge >= 0.3 is 0 Å². The minimum atomic E-state index is -0.581. The van der Waals surface area contributed by atoms with E-state index >= 15 is 0 Å². The molecule has 0 saturated carbocycles. The van der Waals surface area contributed by atoms with Crippen molar-refractivity contribution >= 4 is 17.3 Å². The Bertz CT molecular complexity index is 542. The van der Waals surface area contributed by atoms with Gasteiger partial charge in [0.2, 0.25) is 0 Å². The van der Waals surface area contributed by atoms with Gasteiger partial charge < -0.3 is 15.2 Å². The predicted octanol–water partition coefficient (Wildman–Crippen LogP) is 3.63. The highest BCUT2D eigenvalue weighted by Crippen LogP contribution is 2.20. The van der Waals surface area contributed by atoms with Crippen LogP contribution in [-0.2, 0) is 11.3 Å². The molecule has 106 valence electrons. The highest BCUT2D eigenvalue weighted by molar-refractivity contribution is 6.30. The Labute approximate surface area is 124 Å². The molecule has 0 fully saturated rings. The summed E-state index contributed by atoms with van der Waals surface area (Å²) >= 11 is 5.83. The van der Waals surface area contributed by atoms with Crippen LogP contribution in [0.4, 0.5) is 5.69 Å². The van der Waals surface area contributed by atoms with Crippen LogP contribution >= 0.6 is 11.6 Å². The van der Waals surface area contributed by atoms with Crippen LogP contribution in [0.3, 0.4) is 0 Å². The number of rotatable bonds is 6. The highest BCUT2D eigenvalue weighted by atomic mass is 35.5. The van der Waals surface area contributed by atoms with Crippen molar-refractivity contribution in [3.8, 4) is 0 Å². The van der Waals surface area contributed by atoms with E-state index in [1.807, 2.05) is 36.4 Å². The maximum absolute atomic E-state index is 10.2. The molecule has 1 unspecified atom stereocenters. The number of hydrogen-bond donors (Lipinski definition) is 2. The van der Waals surface area contributed by atoms with Gasteiger partial charge in [-0.1, -0.05) is 41.9 Å². The molecule has 3 nitrogen and oxygen atoms in total. The lowest BCUT2D eigenvalue weighted by Gasteiger charge is -2.15. The van der Waals surface area contributed by atoms with Gasteiger partial charge in [0.15, 0.2) is 0 Å². The third-order valence-electron chi connectivity index (χ3n) is 3.06. The molecule has 0 aliphatic heterocycles. The monoisotopic (exact) mass is 291 g/mol. The molecule has 2 N–H and O–H groups in total. The average molecular weight is 292 g/mol. The third kappa shape index (κ3) is 3.97. The van der Waals surface area contributed by atoms with E-state index in [9.17, 15) is 5.11 Å². The summed E-state index contributed by atoms with van der Waals surface area (Å²) in [5, 5.41) is 14.1. The van der Waals surface area contributed by atoms with Crippen LogP contribution < -0.4 is 5.32 Å². The van der Waals surface area contributed by atoms with Gasteiger partial charge in [-0.3, -0.25) is 0 Å². The van der Waals surface area contributed by atoms with Gasteiger partial charge in [-0.15, -0.1) is 0 Å². The minimum Gasteiger partial charge on any atom is -0.387 e. The molecular formula is C16H18ClNO2. The molecule has 2 aromatic rings. The zero-order valence-electron chi connectivity index (χ0n) is 11.3. The minimum absolute atomic E-state index is 0.433. The van der Waals surface area contributed by atoms with Crippen molar-refractivity contribution in [3.63, 3.8) is 0 Å². The van der Waals surface area contributed by atoms with E-state index in [-0.39, 0.29) is 0 Å². The van der Waals surface area contributed by atoms with Crippen LogP contribution in [0.15, 0.2) is 48.5 Å². The topological polar surface area (TPSA) is 41.5 Å². The maximum Gasteiger partial charge on any atom is 0.0962 e. The lowest BCUT2D eigenvalue weighted by Crippen LogP contribution is -2.13. The number of aliphatic hydroxyl groups excluding tert-OH is 1. The summed E-state index contributed by atoms with van der Waals surface area (Å²) in [6, 6.07) is 15.1. The molecule has 20 heavy (non-hydrogen) atoms. The van der Waals surface area contributed by atoms with Crippen LogP contribution in [0.5, 0.6) is 0 Å². The zero-order valence-corrected chi connectivity index (χ0v) is 12.1. The fraction of sp³-hybridized carbons (Fsp3) is 0.250. The Kier molecular flexibility index (Phi) is 5.41. The Balaban J connectivity index is 1.99. The lowest BCUT2D eigenvalue weighted by atomic mass is 10.1. The Hall–Kier alpha value is -1.55. The first kappa shape index (κ1) is 14.9. The fourth-order valence-corrected chi connectivity index (χ4v) is 2.11. The van der Waals surface area contributed by atoms with E-state index in [1.54, 1.807) is 19.2 Å². The molecule has 0 aromatic heterocycles. The fourth-order valence-electron chi connectivity index (χ4n) is 1.98. The molecule has 0 heterocycles. The molecule has 1 atom stereocenters. The van der Waals surface area contributed by atoms with Crippen molar-refractivity contribution in [2.75, 3.05) is 19.0 Å². The van der Waals surface area contributed by atoms with Crippen molar-refractivity contribution in [3.05, 3.63) is 64.7 Å². The zero-order chi connectivity index (χ0) is 14.4. The molecule has 0 radical (unpaired) electrons. The third-order valence-corrected chi connectivity index (χ3v) is 3.31. The van der Waals surface area contributed by atoms with Gasteiger partial charge in [0.1, 0.15) is 0 Å². The van der Waals surface area contributed by atoms with Crippen molar-refractivity contribution < 1.29 is 9.84 Å². The van der Waals surface area contributed by atoms with Crippen molar-refractivity contribution in [2.45, 2.75) is 12.7 Å². The number of benzene rings is 2. The molecular weight excluding hydrogens is 274 g/mol. The highest BCUT2D eigenvalue weighted by Gasteiger charge is 2.08. The summed E-state index contributed by atoms with van der Waals surface area (Å²) in [7, 11) is 1.67. The van der Waals surface area contributed by atoms with E-state index in [1.165, 1.54) is 0 Å². The van der Waals surface area contributed by atoms with Crippen LogP contribution in [-0.4, -0.2) is 18.8 Å². The van der Waals surface area contributed by atoms with E-state index in [2.05, 4.69) is 5.32 Å². The number of nitrogens with one attached hydrogen (secondary N) is 1. The molecule has 0 aliphatic carbocycles. The summed E-state index contributed by atoms with van der Waals surface area (Å²) < 4.78 is 5.16. The van der Waals surface area contributed by atoms with E-state index in [0.29, 0.717) is 18.2 Å². The smallest absolute Gasteiger partial charge is 0.0962 e. The SMILES string of the molecule is COCc1ccccc1NCC(O)c1ccc(Cl)cc1. The molecule has 4 heteroatoms. The first-order chi connectivity index (χ1) is 9.70. The predicted molar refractivity (Wildman–Crippen MR) is 82.1 cm³/mol. The van der Waals surface area contributed by atoms with E-state index in [0.717, 1.165) is 16.8 Å². The van der Waals surface area contributed by atoms with Crippen LogP contribution in [0, 0.1) is 0 Å². The second-order valence-electron chi connectivity index (χ2n) is 4.54. The Morgan fingerprint density at radius 3 is 2.55 bits per heavy atom. The lowest BCUT2D eigenvalue weighted by molar-refractivity contribution is 0.184. The van der Waals surface area contributed by atoms with Gasteiger partial charge in [-0.2, -0.15) is 0 Å².